The molecule has 1 aliphatic rings. The van der Waals surface area contributed by atoms with Crippen molar-refractivity contribution in [2.75, 3.05) is 6.54 Å². The van der Waals surface area contributed by atoms with Crippen molar-refractivity contribution < 1.29 is 51.4 Å². The maximum absolute atomic E-state index is 13.8. The number of aromatic hydroxyl groups is 1. The average molecular weight is 376 g/mol. The number of halogens is 3. The Balaban J connectivity index is 0.00000200. The van der Waals surface area contributed by atoms with E-state index in [-0.39, 0.29) is 56.9 Å². The molecule has 1 atom stereocenters. The Bertz CT molecular complexity index is 542. The molecule has 1 unspecified atom stereocenters. The number of amides is 1. The first-order valence-corrected chi connectivity index (χ1v) is 6.14. The van der Waals surface area contributed by atoms with Crippen LogP contribution in [0.15, 0.2) is 12.1 Å². The molecule has 1 aromatic rings. The van der Waals surface area contributed by atoms with Crippen molar-refractivity contribution in [3.05, 3.63) is 35.4 Å². The molecule has 0 saturated carbocycles. The van der Waals surface area contributed by atoms with E-state index < -0.39 is 28.7 Å². The Morgan fingerprint density at radius 2 is 2.00 bits per heavy atom. The second kappa shape index (κ2) is 6.96. The van der Waals surface area contributed by atoms with E-state index >= 15 is 0 Å². The minimum absolute atomic E-state index is 0. The van der Waals surface area contributed by atoms with Crippen molar-refractivity contribution >= 4 is 23.2 Å². The van der Waals surface area contributed by atoms with Gasteiger partial charge in [-0.25, -0.2) is 14.9 Å². The molecule has 0 bridgehead atoms. The summed E-state index contributed by atoms with van der Waals surface area (Å²) in [4.78, 5) is 13.0. The van der Waals surface area contributed by atoms with Gasteiger partial charge in [0.25, 0.3) is 0 Å². The van der Waals surface area contributed by atoms with Crippen molar-refractivity contribution in [2.24, 2.45) is 0 Å². The van der Waals surface area contributed by atoms with E-state index in [1.54, 1.807) is 6.92 Å². The van der Waals surface area contributed by atoms with Gasteiger partial charge in [-0.3, -0.25) is 4.79 Å². The standard InChI is InChI=1S/C13H11ClF2NO2.Y/c1-2-17-11(4-3-8(14)13(17)19)12-9(15)5-7(18)6-10(12)16;/h5-6,8,18H,2-3H2,1H3;/q-1;. The van der Waals surface area contributed by atoms with Gasteiger partial charge in [0.1, 0.15) is 11.1 Å². The molecular weight excluding hydrogens is 365 g/mol. The smallest absolute Gasteiger partial charge is 0.241 e. The van der Waals surface area contributed by atoms with Crippen molar-refractivity contribution in [1.82, 2.24) is 4.90 Å². The number of rotatable bonds is 2. The quantitative estimate of drug-likeness (QED) is 0.638. The van der Waals surface area contributed by atoms with E-state index in [9.17, 15) is 13.6 Å². The third-order valence-corrected chi connectivity index (χ3v) is 3.17. The molecule has 0 saturated heterocycles. The van der Waals surface area contributed by atoms with Crippen LogP contribution in [0.5, 0.6) is 5.75 Å². The van der Waals surface area contributed by atoms with Gasteiger partial charge in [-0.1, -0.05) is 12.0 Å². The molecule has 1 aliphatic heterocycles. The summed E-state index contributed by atoms with van der Waals surface area (Å²) in [5, 5.41) is 8.35. The summed E-state index contributed by atoms with van der Waals surface area (Å²) in [6.07, 6.45) is 2.84. The Labute approximate surface area is 145 Å². The zero-order valence-corrected chi connectivity index (χ0v) is 14.3. The van der Waals surface area contributed by atoms with Crippen LogP contribution in [0.3, 0.4) is 0 Å². The summed E-state index contributed by atoms with van der Waals surface area (Å²) < 4.78 is 27.6. The number of phenols is 1. The number of benzene rings is 1. The summed E-state index contributed by atoms with van der Waals surface area (Å²) >= 11 is 5.80. The number of nitrogens with zero attached hydrogens (tertiary/aromatic N) is 1. The largest absolute Gasteiger partial charge is 0.508 e. The van der Waals surface area contributed by atoms with Gasteiger partial charge in [-0.15, -0.1) is 17.3 Å². The number of carbonyl (C=O) groups is 1. The fourth-order valence-electron chi connectivity index (χ4n) is 1.97. The molecule has 0 spiro atoms. The molecule has 1 radical (unpaired) electrons. The van der Waals surface area contributed by atoms with Gasteiger partial charge in [0.15, 0.2) is 0 Å². The van der Waals surface area contributed by atoms with E-state index in [2.05, 4.69) is 6.08 Å². The molecule has 1 aromatic carbocycles. The maximum Gasteiger partial charge on any atom is 0.241 e. The fraction of sp³-hybridized carbons (Fsp3) is 0.308. The van der Waals surface area contributed by atoms with Crippen LogP contribution in [0.2, 0.25) is 0 Å². The van der Waals surface area contributed by atoms with Gasteiger partial charge in [-0.05, 0) is 19.1 Å². The molecule has 0 aliphatic carbocycles. The number of carbonyl (C=O) groups excluding carboxylic acids is 1. The molecule has 1 N–H and O–H groups in total. The van der Waals surface area contributed by atoms with Crippen molar-refractivity contribution in [3.63, 3.8) is 0 Å². The average Bonchev–Trinajstić information content (AvgIpc) is 2.32. The molecule has 1 heterocycles. The molecule has 20 heavy (non-hydrogen) atoms. The fourth-order valence-corrected chi connectivity index (χ4v) is 2.17. The van der Waals surface area contributed by atoms with Crippen LogP contribution < -0.4 is 0 Å². The predicted molar refractivity (Wildman–Crippen MR) is 66.3 cm³/mol. The summed E-state index contributed by atoms with van der Waals surface area (Å²) in [6.45, 7) is 1.90. The minimum Gasteiger partial charge on any atom is -0.508 e. The summed E-state index contributed by atoms with van der Waals surface area (Å²) in [7, 11) is 0. The number of hydrogen-bond donors (Lipinski definition) is 1. The van der Waals surface area contributed by atoms with Crippen molar-refractivity contribution in [3.8, 4) is 5.75 Å². The molecule has 7 heteroatoms. The number of allylic oxidation sites excluding steroid dienone is 1. The second-order valence-corrected chi connectivity index (χ2v) is 4.59. The first kappa shape index (κ1) is 17.5. The van der Waals surface area contributed by atoms with Gasteiger partial charge in [-0.2, -0.15) is 0 Å². The third kappa shape index (κ3) is 3.21. The Morgan fingerprint density at radius 1 is 1.45 bits per heavy atom. The number of hydrogen-bond acceptors (Lipinski definition) is 2. The van der Waals surface area contributed by atoms with E-state index in [1.165, 1.54) is 4.90 Å². The molecule has 3 nitrogen and oxygen atoms in total. The molecule has 2 rings (SSSR count). The van der Waals surface area contributed by atoms with Crippen LogP contribution >= 0.6 is 11.6 Å². The molecule has 0 aromatic heterocycles. The SMILES string of the molecule is CCN1C(=O)C(Cl)C[C-]=C1c1c(F)cc(O)cc1F.[Y]. The first-order valence-electron chi connectivity index (χ1n) is 5.70. The van der Waals surface area contributed by atoms with Crippen molar-refractivity contribution in [1.29, 1.82) is 0 Å². The zero-order valence-electron chi connectivity index (χ0n) is 10.7. The molecular formula is C13H11ClF2NO2Y-. The first-order chi connectivity index (χ1) is 8.95. The van der Waals surface area contributed by atoms with Crippen LogP contribution in [0.25, 0.3) is 5.70 Å². The monoisotopic (exact) mass is 375 g/mol. The minimum atomic E-state index is -0.945. The van der Waals surface area contributed by atoms with Gasteiger partial charge >= 0.3 is 0 Å². The molecule has 0 fully saturated rings. The predicted octanol–water partition coefficient (Wildman–Crippen LogP) is 2.67. The van der Waals surface area contributed by atoms with E-state index in [4.69, 9.17) is 16.7 Å². The topological polar surface area (TPSA) is 40.5 Å². The molecule has 105 valence electrons. The second-order valence-electron chi connectivity index (χ2n) is 4.06. The third-order valence-electron chi connectivity index (χ3n) is 2.83. The number of alkyl halides is 1. The van der Waals surface area contributed by atoms with Gasteiger partial charge in [0.05, 0.1) is 11.6 Å². The zero-order chi connectivity index (χ0) is 14.2. The summed E-state index contributed by atoms with van der Waals surface area (Å²) in [6, 6.07) is 1.58. The van der Waals surface area contributed by atoms with E-state index in [1.807, 2.05) is 0 Å². The van der Waals surface area contributed by atoms with Crippen LogP contribution in [0.1, 0.15) is 18.9 Å². The Kier molecular flexibility index (Phi) is 6.11. The maximum atomic E-state index is 13.8. The summed E-state index contributed by atoms with van der Waals surface area (Å²) in [5.74, 6) is -2.82. The van der Waals surface area contributed by atoms with Gasteiger partial charge < -0.3 is 10.0 Å². The van der Waals surface area contributed by atoms with E-state index in [0.717, 1.165) is 12.1 Å². The van der Waals surface area contributed by atoms with Crippen LogP contribution in [0, 0.1) is 17.7 Å². The molecule has 1 amide bonds. The number of phenolic OH excluding ortho intramolecular Hbond substituents is 1. The normalized spacial score (nSPS) is 18.6. The van der Waals surface area contributed by atoms with Crippen LogP contribution in [0.4, 0.5) is 8.78 Å². The van der Waals surface area contributed by atoms with Gasteiger partial charge in [0.2, 0.25) is 5.91 Å². The van der Waals surface area contributed by atoms with Gasteiger partial charge in [0, 0.05) is 39.3 Å². The van der Waals surface area contributed by atoms with E-state index in [0.29, 0.717) is 0 Å². The Morgan fingerprint density at radius 3 is 2.50 bits per heavy atom. The van der Waals surface area contributed by atoms with Crippen LogP contribution in [-0.2, 0) is 37.5 Å². The van der Waals surface area contributed by atoms with Crippen LogP contribution in [-0.4, -0.2) is 27.8 Å². The Hall–Kier alpha value is -0.516. The summed E-state index contributed by atoms with van der Waals surface area (Å²) in [5.41, 5.74) is -0.351. The van der Waals surface area contributed by atoms with Crippen molar-refractivity contribution in [2.45, 2.75) is 18.7 Å².